The lowest BCUT2D eigenvalue weighted by Crippen LogP contribution is -2.26. The molecule has 2 heterocycles. The van der Waals surface area contributed by atoms with Crippen LogP contribution >= 0.6 is 0 Å². The first-order chi connectivity index (χ1) is 9.20. The predicted molar refractivity (Wildman–Crippen MR) is 79.3 cm³/mol. The zero-order chi connectivity index (χ0) is 13.7. The van der Waals surface area contributed by atoms with Crippen LogP contribution in [0.4, 0.5) is 0 Å². The second kappa shape index (κ2) is 7.11. The lowest BCUT2D eigenvalue weighted by molar-refractivity contribution is 0.0970. The fraction of sp³-hybridized carbons (Fsp3) is 0.750. The van der Waals surface area contributed by atoms with Crippen molar-refractivity contribution in [1.29, 1.82) is 0 Å². The Kier molecular flexibility index (Phi) is 5.46. The molecule has 1 fully saturated rings. The van der Waals surface area contributed by atoms with Crippen molar-refractivity contribution in [1.82, 2.24) is 9.88 Å². The zero-order valence-corrected chi connectivity index (χ0v) is 12.6. The Morgan fingerprint density at radius 2 is 2.32 bits per heavy atom. The van der Waals surface area contributed by atoms with E-state index in [-0.39, 0.29) is 0 Å². The Morgan fingerprint density at radius 3 is 2.95 bits per heavy atom. The van der Waals surface area contributed by atoms with Gasteiger partial charge in [0.2, 0.25) is 0 Å². The van der Waals surface area contributed by atoms with Gasteiger partial charge in [-0.25, -0.2) is 0 Å². The smallest absolute Gasteiger partial charge is 0.0754 e. The maximum Gasteiger partial charge on any atom is 0.0754 e. The van der Waals surface area contributed by atoms with Gasteiger partial charge in [-0.3, -0.25) is 0 Å². The molecule has 1 aliphatic rings. The molecule has 1 aromatic rings. The largest absolute Gasteiger partial charge is 0.376 e. The van der Waals surface area contributed by atoms with Crippen molar-refractivity contribution < 1.29 is 4.74 Å². The van der Waals surface area contributed by atoms with Gasteiger partial charge in [-0.05, 0) is 43.4 Å². The lowest BCUT2D eigenvalue weighted by Gasteiger charge is -2.21. The first-order valence-corrected chi connectivity index (χ1v) is 7.71. The fourth-order valence-electron chi connectivity index (χ4n) is 2.82. The topological polar surface area (TPSA) is 26.2 Å². The molecule has 3 nitrogen and oxygen atoms in total. The summed E-state index contributed by atoms with van der Waals surface area (Å²) in [5.41, 5.74) is 1.40. The third-order valence-electron chi connectivity index (χ3n) is 3.85. The van der Waals surface area contributed by atoms with E-state index in [1.165, 1.54) is 24.8 Å². The maximum atomic E-state index is 5.70. The van der Waals surface area contributed by atoms with Crippen molar-refractivity contribution in [3.8, 4) is 0 Å². The van der Waals surface area contributed by atoms with E-state index in [1.54, 1.807) is 0 Å². The van der Waals surface area contributed by atoms with Crippen molar-refractivity contribution >= 4 is 0 Å². The highest BCUT2D eigenvalue weighted by Crippen LogP contribution is 2.23. The average Bonchev–Trinajstić information content (AvgIpc) is 3.02. The number of rotatable bonds is 7. The summed E-state index contributed by atoms with van der Waals surface area (Å²) in [4.78, 5) is 0. The fourth-order valence-corrected chi connectivity index (χ4v) is 2.82. The number of nitrogens with one attached hydrogen (secondary N) is 1. The average molecular weight is 264 g/mol. The first kappa shape index (κ1) is 14.6. The molecule has 1 aliphatic heterocycles. The highest BCUT2D eigenvalue weighted by molar-refractivity contribution is 5.16. The van der Waals surface area contributed by atoms with Gasteiger partial charge in [-0.2, -0.15) is 0 Å². The summed E-state index contributed by atoms with van der Waals surface area (Å²) in [5, 5.41) is 3.65. The summed E-state index contributed by atoms with van der Waals surface area (Å²) >= 11 is 0. The minimum absolute atomic E-state index is 0.418. The highest BCUT2D eigenvalue weighted by atomic mass is 16.5. The summed E-state index contributed by atoms with van der Waals surface area (Å²) in [6.45, 7) is 9.80. The molecule has 3 heteroatoms. The van der Waals surface area contributed by atoms with Crippen LogP contribution in [0.15, 0.2) is 18.5 Å². The number of hydrogen-bond donors (Lipinski definition) is 1. The quantitative estimate of drug-likeness (QED) is 0.817. The molecule has 0 saturated carbocycles. The minimum atomic E-state index is 0.418. The molecule has 19 heavy (non-hydrogen) atoms. The Balaban J connectivity index is 1.96. The maximum absolute atomic E-state index is 5.70. The monoisotopic (exact) mass is 264 g/mol. The summed E-state index contributed by atoms with van der Waals surface area (Å²) in [5.74, 6) is 0.616. The van der Waals surface area contributed by atoms with Crippen LogP contribution in [0.25, 0.3) is 0 Å². The van der Waals surface area contributed by atoms with Gasteiger partial charge >= 0.3 is 0 Å². The van der Waals surface area contributed by atoms with Crippen LogP contribution in [0, 0.1) is 5.92 Å². The lowest BCUT2D eigenvalue weighted by atomic mass is 9.98. The van der Waals surface area contributed by atoms with Crippen LogP contribution in [0.3, 0.4) is 0 Å². The second-order valence-electron chi connectivity index (χ2n) is 5.95. The van der Waals surface area contributed by atoms with Gasteiger partial charge in [0.15, 0.2) is 0 Å². The Morgan fingerprint density at radius 1 is 1.47 bits per heavy atom. The number of ether oxygens (including phenoxy) is 1. The van der Waals surface area contributed by atoms with Crippen LogP contribution in [0.5, 0.6) is 0 Å². The number of nitrogens with zero attached hydrogens (tertiary/aromatic N) is 1. The van der Waals surface area contributed by atoms with Crippen molar-refractivity contribution in [2.75, 3.05) is 13.2 Å². The molecule has 2 atom stereocenters. The molecule has 0 bridgehead atoms. The molecular weight excluding hydrogens is 236 g/mol. The van der Waals surface area contributed by atoms with E-state index in [9.17, 15) is 0 Å². The molecule has 2 rings (SSSR count). The van der Waals surface area contributed by atoms with E-state index in [2.05, 4.69) is 49.1 Å². The molecule has 108 valence electrons. The van der Waals surface area contributed by atoms with Gasteiger partial charge in [0, 0.05) is 31.6 Å². The Labute approximate surface area is 117 Å². The molecule has 0 radical (unpaired) electrons. The van der Waals surface area contributed by atoms with E-state index in [4.69, 9.17) is 4.74 Å². The van der Waals surface area contributed by atoms with Gasteiger partial charge in [0.25, 0.3) is 0 Å². The highest BCUT2D eigenvalue weighted by Gasteiger charge is 2.18. The van der Waals surface area contributed by atoms with Crippen LogP contribution in [0.1, 0.15) is 51.6 Å². The standard InChI is InChI=1S/C16H28N2O/c1-4-8-17-16(13(2)3)14-7-9-18(11-14)12-15-6-5-10-19-15/h7,9,11,13,15-17H,4-6,8,10,12H2,1-3H3. The zero-order valence-electron chi connectivity index (χ0n) is 12.6. The molecule has 1 saturated heterocycles. The molecule has 2 unspecified atom stereocenters. The molecule has 0 spiro atoms. The SMILES string of the molecule is CCCNC(c1ccn(CC2CCCO2)c1)C(C)C. The van der Waals surface area contributed by atoms with Crippen LogP contribution in [-0.4, -0.2) is 23.8 Å². The van der Waals surface area contributed by atoms with E-state index < -0.39 is 0 Å². The molecular formula is C16H28N2O. The van der Waals surface area contributed by atoms with E-state index in [1.807, 2.05) is 0 Å². The van der Waals surface area contributed by atoms with Gasteiger partial charge in [0.1, 0.15) is 0 Å². The van der Waals surface area contributed by atoms with Gasteiger partial charge in [-0.15, -0.1) is 0 Å². The van der Waals surface area contributed by atoms with Gasteiger partial charge in [-0.1, -0.05) is 20.8 Å². The molecule has 1 aromatic heterocycles. The Hall–Kier alpha value is -0.800. The third kappa shape index (κ3) is 4.08. The van der Waals surface area contributed by atoms with Crippen LogP contribution < -0.4 is 5.32 Å². The summed E-state index contributed by atoms with van der Waals surface area (Å²) in [7, 11) is 0. The van der Waals surface area contributed by atoms with Gasteiger partial charge < -0.3 is 14.6 Å². The van der Waals surface area contributed by atoms with Crippen molar-refractivity contribution in [2.45, 2.75) is 58.7 Å². The molecule has 0 amide bonds. The second-order valence-corrected chi connectivity index (χ2v) is 5.95. The van der Waals surface area contributed by atoms with E-state index in [0.29, 0.717) is 18.1 Å². The minimum Gasteiger partial charge on any atom is -0.376 e. The summed E-state index contributed by atoms with van der Waals surface area (Å²) < 4.78 is 7.99. The van der Waals surface area contributed by atoms with Crippen LogP contribution in [-0.2, 0) is 11.3 Å². The number of hydrogen-bond acceptors (Lipinski definition) is 2. The third-order valence-corrected chi connectivity index (χ3v) is 3.85. The predicted octanol–water partition coefficient (Wildman–Crippen LogP) is 3.36. The first-order valence-electron chi connectivity index (χ1n) is 7.71. The molecule has 1 N–H and O–H groups in total. The van der Waals surface area contributed by atoms with Crippen molar-refractivity contribution in [2.24, 2.45) is 5.92 Å². The van der Waals surface area contributed by atoms with E-state index in [0.717, 1.165) is 19.7 Å². The van der Waals surface area contributed by atoms with Crippen molar-refractivity contribution in [3.05, 3.63) is 24.0 Å². The van der Waals surface area contributed by atoms with Crippen molar-refractivity contribution in [3.63, 3.8) is 0 Å². The number of aromatic nitrogens is 1. The van der Waals surface area contributed by atoms with E-state index >= 15 is 0 Å². The summed E-state index contributed by atoms with van der Waals surface area (Å²) in [6, 6.07) is 2.72. The van der Waals surface area contributed by atoms with Gasteiger partial charge in [0.05, 0.1) is 6.10 Å². The normalized spacial score (nSPS) is 21.2. The van der Waals surface area contributed by atoms with Crippen LogP contribution in [0.2, 0.25) is 0 Å². The summed E-state index contributed by atoms with van der Waals surface area (Å²) in [6.07, 6.45) is 8.50. The molecule has 0 aliphatic carbocycles. The molecule has 0 aromatic carbocycles. The Bertz CT molecular complexity index is 367.